The van der Waals surface area contributed by atoms with Crippen LogP contribution < -0.4 is 5.73 Å². The van der Waals surface area contributed by atoms with Crippen LogP contribution in [0.15, 0.2) is 21.1 Å². The zero-order chi connectivity index (χ0) is 13.0. The normalized spacial score (nSPS) is 13.1. The second-order valence-electron chi connectivity index (χ2n) is 3.90. The van der Waals surface area contributed by atoms with Crippen LogP contribution in [0, 0.1) is 0 Å². The molecule has 1 aromatic rings. The van der Waals surface area contributed by atoms with Gasteiger partial charge in [-0.15, -0.1) is 0 Å². The van der Waals surface area contributed by atoms with E-state index in [1.165, 1.54) is 0 Å². The van der Waals surface area contributed by atoms with Crippen molar-refractivity contribution < 1.29 is 5.11 Å². The molecular weight excluding hydrogens is 348 g/mol. The van der Waals surface area contributed by atoms with Crippen LogP contribution in [0.1, 0.15) is 25.5 Å². The molecule has 0 bridgehead atoms. The number of hydrogen-bond donors (Lipinski definition) is 2. The molecule has 1 unspecified atom stereocenters. The maximum Gasteiger partial charge on any atom is 0.0928 e. The Kier molecular flexibility index (Phi) is 5.92. The van der Waals surface area contributed by atoms with E-state index in [1.54, 1.807) is 0 Å². The van der Waals surface area contributed by atoms with E-state index in [9.17, 15) is 5.11 Å². The van der Waals surface area contributed by atoms with E-state index in [2.05, 4.69) is 50.6 Å². The quantitative estimate of drug-likeness (QED) is 0.788. The van der Waals surface area contributed by atoms with Gasteiger partial charge in [0.25, 0.3) is 0 Å². The fraction of sp³-hybridized carbons (Fsp3) is 0.500. The standard InChI is InChI=1S/C12H18Br2N2O/c1-3-16(4-2)7-12(17)8-5-11(15)10(14)6-9(8)13/h5-6,12,17H,3-4,7,15H2,1-2H3. The van der Waals surface area contributed by atoms with E-state index in [0.29, 0.717) is 12.2 Å². The van der Waals surface area contributed by atoms with Gasteiger partial charge in [0.1, 0.15) is 0 Å². The van der Waals surface area contributed by atoms with Gasteiger partial charge in [-0.25, -0.2) is 0 Å². The van der Waals surface area contributed by atoms with E-state index in [-0.39, 0.29) is 0 Å². The average Bonchev–Trinajstić information content (AvgIpc) is 2.30. The first-order valence-corrected chi connectivity index (χ1v) is 7.23. The van der Waals surface area contributed by atoms with Gasteiger partial charge in [0.2, 0.25) is 0 Å². The third-order valence-electron chi connectivity index (χ3n) is 2.80. The summed E-state index contributed by atoms with van der Waals surface area (Å²) >= 11 is 6.81. The molecule has 0 fully saturated rings. The molecule has 96 valence electrons. The van der Waals surface area contributed by atoms with E-state index in [4.69, 9.17) is 5.73 Å². The molecule has 1 rings (SSSR count). The summed E-state index contributed by atoms with van der Waals surface area (Å²) in [4.78, 5) is 2.18. The highest BCUT2D eigenvalue weighted by Crippen LogP contribution is 2.31. The lowest BCUT2D eigenvalue weighted by atomic mass is 10.1. The number of aliphatic hydroxyl groups is 1. The zero-order valence-corrected chi connectivity index (χ0v) is 13.3. The molecule has 1 aromatic carbocycles. The molecule has 5 heteroatoms. The smallest absolute Gasteiger partial charge is 0.0928 e. The largest absolute Gasteiger partial charge is 0.398 e. The fourth-order valence-electron chi connectivity index (χ4n) is 1.66. The summed E-state index contributed by atoms with van der Waals surface area (Å²) in [6.07, 6.45) is -0.528. The van der Waals surface area contributed by atoms with Crippen LogP contribution >= 0.6 is 31.9 Å². The van der Waals surface area contributed by atoms with Gasteiger partial charge in [0.05, 0.1) is 6.10 Å². The Morgan fingerprint density at radius 1 is 1.24 bits per heavy atom. The monoisotopic (exact) mass is 364 g/mol. The topological polar surface area (TPSA) is 49.5 Å². The molecule has 17 heavy (non-hydrogen) atoms. The third kappa shape index (κ3) is 3.95. The highest BCUT2D eigenvalue weighted by Gasteiger charge is 2.15. The van der Waals surface area contributed by atoms with Crippen molar-refractivity contribution in [1.82, 2.24) is 4.90 Å². The highest BCUT2D eigenvalue weighted by molar-refractivity contribution is 9.11. The summed E-state index contributed by atoms with van der Waals surface area (Å²) in [5.41, 5.74) is 7.30. The predicted octanol–water partition coefficient (Wildman–Crippen LogP) is 3.17. The Bertz CT molecular complexity index is 381. The number of aliphatic hydroxyl groups excluding tert-OH is 1. The Morgan fingerprint density at radius 3 is 2.35 bits per heavy atom. The third-order valence-corrected chi connectivity index (χ3v) is 4.17. The van der Waals surface area contributed by atoms with E-state index >= 15 is 0 Å². The SMILES string of the molecule is CCN(CC)CC(O)c1cc(N)c(Br)cc1Br. The van der Waals surface area contributed by atoms with Gasteiger partial charge in [0, 0.05) is 21.2 Å². The molecule has 0 amide bonds. The van der Waals surface area contributed by atoms with Crippen molar-refractivity contribution in [3.05, 3.63) is 26.6 Å². The Morgan fingerprint density at radius 2 is 1.82 bits per heavy atom. The van der Waals surface area contributed by atoms with Crippen molar-refractivity contribution in [2.45, 2.75) is 20.0 Å². The Labute approximate surface area is 119 Å². The predicted molar refractivity (Wildman–Crippen MR) is 79.0 cm³/mol. The van der Waals surface area contributed by atoms with Crippen LogP contribution in [-0.2, 0) is 0 Å². The molecule has 1 atom stereocenters. The number of hydrogen-bond acceptors (Lipinski definition) is 3. The summed E-state index contributed by atoms with van der Waals surface area (Å²) in [6.45, 7) is 6.64. The molecule has 0 radical (unpaired) electrons. The molecule has 3 nitrogen and oxygen atoms in total. The average molecular weight is 366 g/mol. The summed E-state index contributed by atoms with van der Waals surface area (Å²) in [5.74, 6) is 0. The number of rotatable bonds is 5. The van der Waals surface area contributed by atoms with Crippen LogP contribution in [0.3, 0.4) is 0 Å². The minimum Gasteiger partial charge on any atom is -0.398 e. The lowest BCUT2D eigenvalue weighted by Gasteiger charge is -2.23. The maximum atomic E-state index is 10.2. The molecule has 0 aliphatic carbocycles. The molecular formula is C12H18Br2N2O. The maximum absolute atomic E-state index is 10.2. The van der Waals surface area contributed by atoms with Crippen LogP contribution in [0.2, 0.25) is 0 Å². The van der Waals surface area contributed by atoms with E-state index in [0.717, 1.165) is 27.6 Å². The van der Waals surface area contributed by atoms with Gasteiger partial charge in [-0.1, -0.05) is 29.8 Å². The first-order valence-electron chi connectivity index (χ1n) is 5.64. The number of benzene rings is 1. The van der Waals surface area contributed by atoms with Gasteiger partial charge in [-0.3, -0.25) is 0 Å². The molecule has 3 N–H and O–H groups in total. The van der Waals surface area contributed by atoms with Crippen molar-refractivity contribution in [1.29, 1.82) is 0 Å². The van der Waals surface area contributed by atoms with E-state index in [1.807, 2.05) is 12.1 Å². The molecule has 0 saturated carbocycles. The second-order valence-corrected chi connectivity index (χ2v) is 5.61. The molecule has 0 heterocycles. The minimum absolute atomic E-state index is 0.528. The van der Waals surface area contributed by atoms with Gasteiger partial charge in [0.15, 0.2) is 0 Å². The van der Waals surface area contributed by atoms with Gasteiger partial charge >= 0.3 is 0 Å². The first kappa shape index (κ1) is 15.0. The van der Waals surface area contributed by atoms with Crippen LogP contribution in [0.5, 0.6) is 0 Å². The zero-order valence-electron chi connectivity index (χ0n) is 10.1. The number of nitrogens with zero attached hydrogens (tertiary/aromatic N) is 1. The van der Waals surface area contributed by atoms with Crippen LogP contribution in [0.25, 0.3) is 0 Å². The first-order chi connectivity index (χ1) is 7.99. The summed E-state index contributed by atoms with van der Waals surface area (Å²) in [7, 11) is 0. The van der Waals surface area contributed by atoms with Gasteiger partial charge in [-0.05, 0) is 46.7 Å². The fourth-order valence-corrected chi connectivity index (χ4v) is 2.92. The van der Waals surface area contributed by atoms with Crippen LogP contribution in [-0.4, -0.2) is 29.6 Å². The summed E-state index contributed by atoms with van der Waals surface area (Å²) in [5, 5.41) is 10.2. The van der Waals surface area contributed by atoms with Crippen LogP contribution in [0.4, 0.5) is 5.69 Å². The number of anilines is 1. The van der Waals surface area contributed by atoms with Crippen molar-refractivity contribution in [3.63, 3.8) is 0 Å². The lowest BCUT2D eigenvalue weighted by Crippen LogP contribution is -2.28. The molecule has 0 aliphatic rings. The van der Waals surface area contributed by atoms with Crippen molar-refractivity contribution >= 4 is 37.5 Å². The second kappa shape index (κ2) is 6.73. The van der Waals surface area contributed by atoms with Gasteiger partial charge in [-0.2, -0.15) is 0 Å². The molecule has 0 aromatic heterocycles. The minimum atomic E-state index is -0.528. The highest BCUT2D eigenvalue weighted by atomic mass is 79.9. The lowest BCUT2D eigenvalue weighted by molar-refractivity contribution is 0.118. The summed E-state index contributed by atoms with van der Waals surface area (Å²) in [6, 6.07) is 3.68. The summed E-state index contributed by atoms with van der Waals surface area (Å²) < 4.78 is 1.71. The van der Waals surface area contributed by atoms with Crippen molar-refractivity contribution in [3.8, 4) is 0 Å². The number of nitrogen functional groups attached to an aromatic ring is 1. The molecule has 0 spiro atoms. The van der Waals surface area contributed by atoms with E-state index < -0.39 is 6.10 Å². The number of nitrogens with two attached hydrogens (primary N) is 1. The Hall–Kier alpha value is -0.100. The number of likely N-dealkylation sites (N-methyl/N-ethyl adjacent to an activating group) is 1. The molecule has 0 aliphatic heterocycles. The number of halogens is 2. The van der Waals surface area contributed by atoms with Gasteiger partial charge < -0.3 is 15.7 Å². The molecule has 0 saturated heterocycles. The Balaban J connectivity index is 2.88. The van der Waals surface area contributed by atoms with Crippen molar-refractivity contribution in [2.75, 3.05) is 25.4 Å². The van der Waals surface area contributed by atoms with Crippen molar-refractivity contribution in [2.24, 2.45) is 0 Å².